The average molecular weight is 281 g/mol. The van der Waals surface area contributed by atoms with Gasteiger partial charge in [-0.25, -0.2) is 4.39 Å². The van der Waals surface area contributed by atoms with Gasteiger partial charge in [0.2, 0.25) is 5.89 Å². The molecule has 0 fully saturated rings. The number of aromatic nitrogens is 2. The Hall–Kier alpha value is -1.40. The summed E-state index contributed by atoms with van der Waals surface area (Å²) in [5, 5.41) is 8.31. The smallest absolute Gasteiger partial charge is 0.276 e. The summed E-state index contributed by atoms with van der Waals surface area (Å²) >= 11 is 1.37. The lowest BCUT2D eigenvalue weighted by atomic mass is 10.1. The molecule has 1 aromatic heterocycles. The van der Waals surface area contributed by atoms with E-state index in [-0.39, 0.29) is 17.8 Å². The Morgan fingerprint density at radius 2 is 2.16 bits per heavy atom. The fourth-order valence-electron chi connectivity index (χ4n) is 1.47. The highest BCUT2D eigenvalue weighted by Crippen LogP contribution is 2.25. The molecule has 6 heteroatoms. The summed E-state index contributed by atoms with van der Waals surface area (Å²) in [6.07, 6.45) is 0. The topological polar surface area (TPSA) is 64.9 Å². The van der Waals surface area contributed by atoms with E-state index in [9.17, 15) is 4.39 Å². The standard InChI is InChI=1S/C13H16FN3OS/c1-8(2)11(15)12-16-17-13(18-12)19-7-9-4-3-5-10(14)6-9/h3-6,8,11H,7,15H2,1-2H3/t11-/m0/s1. The van der Waals surface area contributed by atoms with Gasteiger partial charge < -0.3 is 10.2 Å². The molecule has 2 aromatic rings. The van der Waals surface area contributed by atoms with Gasteiger partial charge in [-0.3, -0.25) is 0 Å². The monoisotopic (exact) mass is 281 g/mol. The normalized spacial score (nSPS) is 12.9. The van der Waals surface area contributed by atoms with Crippen molar-refractivity contribution in [1.29, 1.82) is 0 Å². The first-order chi connectivity index (χ1) is 9.06. The molecule has 102 valence electrons. The van der Waals surface area contributed by atoms with Crippen molar-refractivity contribution in [1.82, 2.24) is 10.2 Å². The molecule has 0 aliphatic rings. The van der Waals surface area contributed by atoms with Crippen LogP contribution in [0.15, 0.2) is 33.9 Å². The van der Waals surface area contributed by atoms with E-state index in [1.165, 1.54) is 23.9 Å². The maximum Gasteiger partial charge on any atom is 0.276 e. The number of hydrogen-bond acceptors (Lipinski definition) is 5. The van der Waals surface area contributed by atoms with Crippen molar-refractivity contribution in [2.45, 2.75) is 30.9 Å². The minimum Gasteiger partial charge on any atom is -0.414 e. The van der Waals surface area contributed by atoms with Crippen LogP contribution in [0.25, 0.3) is 0 Å². The zero-order chi connectivity index (χ0) is 13.8. The Labute approximate surface area is 115 Å². The lowest BCUT2D eigenvalue weighted by Gasteiger charge is -2.09. The molecule has 0 spiro atoms. The molecule has 19 heavy (non-hydrogen) atoms. The summed E-state index contributed by atoms with van der Waals surface area (Å²) in [6, 6.07) is 6.19. The fraction of sp³-hybridized carbons (Fsp3) is 0.385. The maximum absolute atomic E-state index is 13.0. The minimum absolute atomic E-state index is 0.238. The molecular weight excluding hydrogens is 265 g/mol. The molecule has 0 unspecified atom stereocenters. The number of nitrogens with two attached hydrogens (primary N) is 1. The Morgan fingerprint density at radius 3 is 2.84 bits per heavy atom. The second-order valence-corrected chi connectivity index (χ2v) is 5.52. The zero-order valence-electron chi connectivity index (χ0n) is 10.8. The first-order valence-corrected chi connectivity index (χ1v) is 7.01. The predicted octanol–water partition coefficient (Wildman–Crippen LogP) is 3.16. The molecule has 0 aliphatic heterocycles. The van der Waals surface area contributed by atoms with E-state index in [0.29, 0.717) is 16.9 Å². The van der Waals surface area contributed by atoms with Crippen LogP contribution in [0.2, 0.25) is 0 Å². The van der Waals surface area contributed by atoms with Gasteiger partial charge in [-0.2, -0.15) is 0 Å². The van der Waals surface area contributed by atoms with Crippen LogP contribution in [0.3, 0.4) is 0 Å². The molecule has 0 saturated carbocycles. The van der Waals surface area contributed by atoms with Gasteiger partial charge >= 0.3 is 0 Å². The van der Waals surface area contributed by atoms with E-state index in [4.69, 9.17) is 10.2 Å². The molecule has 2 N–H and O–H groups in total. The van der Waals surface area contributed by atoms with Crippen LogP contribution >= 0.6 is 11.8 Å². The predicted molar refractivity (Wildman–Crippen MR) is 72.0 cm³/mol. The molecular formula is C13H16FN3OS. The number of benzene rings is 1. The van der Waals surface area contributed by atoms with Gasteiger partial charge in [0.05, 0.1) is 6.04 Å². The van der Waals surface area contributed by atoms with Crippen molar-refractivity contribution >= 4 is 11.8 Å². The first kappa shape index (κ1) is 14.0. The molecule has 0 bridgehead atoms. The lowest BCUT2D eigenvalue weighted by Crippen LogP contribution is -2.16. The van der Waals surface area contributed by atoms with Gasteiger partial charge in [0.25, 0.3) is 5.22 Å². The number of rotatable bonds is 5. The molecule has 1 heterocycles. The molecule has 0 amide bonds. The van der Waals surface area contributed by atoms with Crippen molar-refractivity contribution in [3.63, 3.8) is 0 Å². The van der Waals surface area contributed by atoms with Crippen LogP contribution in [0.4, 0.5) is 4.39 Å². The summed E-state index contributed by atoms with van der Waals surface area (Å²) in [5.41, 5.74) is 6.80. The second-order valence-electron chi connectivity index (χ2n) is 4.59. The maximum atomic E-state index is 13.0. The van der Waals surface area contributed by atoms with Crippen molar-refractivity contribution in [3.8, 4) is 0 Å². The highest BCUT2D eigenvalue weighted by molar-refractivity contribution is 7.98. The number of hydrogen-bond donors (Lipinski definition) is 1. The third-order valence-electron chi connectivity index (χ3n) is 2.68. The molecule has 1 atom stereocenters. The van der Waals surface area contributed by atoms with Gasteiger partial charge in [-0.15, -0.1) is 10.2 Å². The van der Waals surface area contributed by atoms with Crippen molar-refractivity contribution in [3.05, 3.63) is 41.5 Å². The third-order valence-corrected chi connectivity index (χ3v) is 3.57. The minimum atomic E-state index is -0.254. The molecule has 4 nitrogen and oxygen atoms in total. The van der Waals surface area contributed by atoms with Crippen LogP contribution in [0, 0.1) is 11.7 Å². The van der Waals surface area contributed by atoms with E-state index in [0.717, 1.165) is 5.56 Å². The Kier molecular flexibility index (Phi) is 4.55. The van der Waals surface area contributed by atoms with Gasteiger partial charge in [0, 0.05) is 5.75 Å². The van der Waals surface area contributed by atoms with Gasteiger partial charge in [0.15, 0.2) is 0 Å². The van der Waals surface area contributed by atoms with Crippen molar-refractivity contribution in [2.24, 2.45) is 11.7 Å². The van der Waals surface area contributed by atoms with Gasteiger partial charge in [-0.05, 0) is 23.6 Å². The van der Waals surface area contributed by atoms with Crippen LogP contribution in [-0.4, -0.2) is 10.2 Å². The van der Waals surface area contributed by atoms with E-state index in [1.54, 1.807) is 6.07 Å². The van der Waals surface area contributed by atoms with E-state index in [2.05, 4.69) is 10.2 Å². The van der Waals surface area contributed by atoms with Crippen LogP contribution in [0.1, 0.15) is 31.3 Å². The summed E-state index contributed by atoms with van der Waals surface area (Å²) in [4.78, 5) is 0. The summed E-state index contributed by atoms with van der Waals surface area (Å²) in [7, 11) is 0. The van der Waals surface area contributed by atoms with Crippen molar-refractivity contribution in [2.75, 3.05) is 0 Å². The Morgan fingerprint density at radius 1 is 1.37 bits per heavy atom. The van der Waals surface area contributed by atoms with Crippen LogP contribution in [-0.2, 0) is 5.75 Å². The lowest BCUT2D eigenvalue weighted by molar-refractivity contribution is 0.349. The highest BCUT2D eigenvalue weighted by atomic mass is 32.2. The van der Waals surface area contributed by atoms with Gasteiger partial charge in [0.1, 0.15) is 5.82 Å². The fourth-order valence-corrected chi connectivity index (χ4v) is 2.18. The summed E-state index contributed by atoms with van der Waals surface area (Å²) in [5.74, 6) is 1.01. The average Bonchev–Trinajstić information content (AvgIpc) is 2.84. The molecule has 0 saturated heterocycles. The van der Waals surface area contributed by atoms with Crippen molar-refractivity contribution < 1.29 is 8.81 Å². The van der Waals surface area contributed by atoms with Crippen LogP contribution < -0.4 is 5.73 Å². The van der Waals surface area contributed by atoms with Gasteiger partial charge in [-0.1, -0.05) is 37.7 Å². The highest BCUT2D eigenvalue weighted by Gasteiger charge is 2.17. The second kappa shape index (κ2) is 6.16. The van der Waals surface area contributed by atoms with Crippen LogP contribution in [0.5, 0.6) is 0 Å². The Balaban J connectivity index is 1.97. The molecule has 1 aromatic carbocycles. The molecule has 2 rings (SSSR count). The molecule has 0 aliphatic carbocycles. The summed E-state index contributed by atoms with van der Waals surface area (Å²) in [6.45, 7) is 3.99. The SMILES string of the molecule is CC(C)[C@H](N)c1nnc(SCc2cccc(F)c2)o1. The largest absolute Gasteiger partial charge is 0.414 e. The molecule has 0 radical (unpaired) electrons. The Bertz CT molecular complexity index is 544. The first-order valence-electron chi connectivity index (χ1n) is 6.02. The van der Waals surface area contributed by atoms with E-state index >= 15 is 0 Å². The summed E-state index contributed by atoms with van der Waals surface area (Å²) < 4.78 is 18.5. The number of nitrogens with zero attached hydrogens (tertiary/aromatic N) is 2. The number of thioether (sulfide) groups is 1. The zero-order valence-corrected chi connectivity index (χ0v) is 11.7. The number of halogens is 1. The van der Waals surface area contributed by atoms with E-state index in [1.807, 2.05) is 19.9 Å². The third kappa shape index (κ3) is 3.78. The van der Waals surface area contributed by atoms with E-state index < -0.39 is 0 Å². The quantitative estimate of drug-likeness (QED) is 0.853.